The van der Waals surface area contributed by atoms with Gasteiger partial charge in [-0.15, -0.1) is 11.3 Å². The molecule has 0 spiro atoms. The first-order valence-electron chi connectivity index (χ1n) is 10.6. The molecule has 1 aliphatic rings. The van der Waals surface area contributed by atoms with Gasteiger partial charge in [0.15, 0.2) is 18.1 Å². The second-order valence-electron chi connectivity index (χ2n) is 7.69. The van der Waals surface area contributed by atoms with E-state index in [9.17, 15) is 14.4 Å². The number of thiophene rings is 1. The quantitative estimate of drug-likeness (QED) is 0.563. The van der Waals surface area contributed by atoms with E-state index in [4.69, 9.17) is 13.9 Å². The Labute approximate surface area is 188 Å². The van der Waals surface area contributed by atoms with Crippen molar-refractivity contribution in [3.05, 3.63) is 46.2 Å². The summed E-state index contributed by atoms with van der Waals surface area (Å²) in [7, 11) is 1.33. The highest BCUT2D eigenvalue weighted by molar-refractivity contribution is 7.17. The number of carbonyl (C=O) groups is 3. The number of fused-ring (bicyclic) bond motifs is 2. The highest BCUT2D eigenvalue weighted by Gasteiger charge is 2.28. The van der Waals surface area contributed by atoms with E-state index in [1.807, 2.05) is 0 Å². The molecule has 0 saturated carbocycles. The van der Waals surface area contributed by atoms with E-state index in [1.54, 1.807) is 18.2 Å². The van der Waals surface area contributed by atoms with Crippen LogP contribution < -0.4 is 5.32 Å². The standard InChI is InChI=1S/C23H24N2O6S/c1-13(31-22(27)14-9-10-17-16(11-14)24-12-30-17)20(26)25-21-19(23(28)29-2)15-7-5-3-4-6-8-18(15)32-21/h9-13H,3-8H2,1-2H3,(H,25,26). The van der Waals surface area contributed by atoms with E-state index in [-0.39, 0.29) is 5.56 Å². The van der Waals surface area contributed by atoms with Crippen molar-refractivity contribution in [3.63, 3.8) is 0 Å². The van der Waals surface area contributed by atoms with E-state index < -0.39 is 23.9 Å². The first-order valence-corrected chi connectivity index (χ1v) is 11.4. The highest BCUT2D eigenvalue weighted by atomic mass is 32.1. The van der Waals surface area contributed by atoms with Crippen LogP contribution in [0.2, 0.25) is 0 Å². The Morgan fingerprint density at radius 3 is 2.69 bits per heavy atom. The normalized spacial score (nSPS) is 14.7. The summed E-state index contributed by atoms with van der Waals surface area (Å²) in [5, 5.41) is 3.23. The van der Waals surface area contributed by atoms with Crippen molar-refractivity contribution in [1.29, 1.82) is 0 Å². The van der Waals surface area contributed by atoms with Crippen LogP contribution in [0.15, 0.2) is 29.0 Å². The van der Waals surface area contributed by atoms with Crippen LogP contribution in [-0.2, 0) is 27.1 Å². The fourth-order valence-corrected chi connectivity index (χ4v) is 5.09. The van der Waals surface area contributed by atoms with Gasteiger partial charge in [0.25, 0.3) is 5.91 Å². The lowest BCUT2D eigenvalue weighted by Gasteiger charge is -2.14. The Bertz CT molecular complexity index is 1160. The topological polar surface area (TPSA) is 108 Å². The SMILES string of the molecule is COC(=O)c1c(NC(=O)C(C)OC(=O)c2ccc3ocnc3c2)sc2c1CCCCCC2. The molecule has 0 bridgehead atoms. The van der Waals surface area contributed by atoms with Gasteiger partial charge in [-0.05, 0) is 56.4 Å². The molecule has 0 aliphatic heterocycles. The average Bonchev–Trinajstić information content (AvgIpc) is 3.36. The van der Waals surface area contributed by atoms with Crippen molar-refractivity contribution in [1.82, 2.24) is 4.98 Å². The minimum atomic E-state index is -1.06. The van der Waals surface area contributed by atoms with Crippen LogP contribution in [0.4, 0.5) is 5.00 Å². The van der Waals surface area contributed by atoms with Crippen molar-refractivity contribution in [2.24, 2.45) is 0 Å². The minimum Gasteiger partial charge on any atom is -0.465 e. The van der Waals surface area contributed by atoms with Gasteiger partial charge >= 0.3 is 11.9 Å². The second kappa shape index (κ2) is 9.52. The summed E-state index contributed by atoms with van der Waals surface area (Å²) < 4.78 is 15.5. The Balaban J connectivity index is 1.50. The summed E-state index contributed by atoms with van der Waals surface area (Å²) in [5.74, 6) is -1.63. The maximum Gasteiger partial charge on any atom is 0.341 e. The number of carbonyl (C=O) groups excluding carboxylic acids is 3. The third-order valence-electron chi connectivity index (χ3n) is 5.52. The maximum atomic E-state index is 12.8. The molecule has 0 fully saturated rings. The molecule has 1 aliphatic carbocycles. The number of hydrogen-bond acceptors (Lipinski definition) is 8. The van der Waals surface area contributed by atoms with Crippen LogP contribution in [0, 0.1) is 0 Å². The van der Waals surface area contributed by atoms with Crippen LogP contribution in [0.25, 0.3) is 11.1 Å². The molecule has 4 rings (SSSR count). The van der Waals surface area contributed by atoms with Gasteiger partial charge in [-0.1, -0.05) is 12.8 Å². The van der Waals surface area contributed by atoms with E-state index in [1.165, 1.54) is 31.8 Å². The number of rotatable bonds is 5. The number of anilines is 1. The molecular weight excluding hydrogens is 432 g/mol. The molecule has 168 valence electrons. The van der Waals surface area contributed by atoms with Gasteiger partial charge in [0.2, 0.25) is 0 Å². The summed E-state index contributed by atoms with van der Waals surface area (Å²) in [5.41, 5.74) is 2.71. The molecule has 32 heavy (non-hydrogen) atoms. The smallest absolute Gasteiger partial charge is 0.341 e. The van der Waals surface area contributed by atoms with Gasteiger partial charge in [0.1, 0.15) is 10.5 Å². The fourth-order valence-electron chi connectivity index (χ4n) is 3.81. The molecular formula is C23H24N2O6S. The zero-order chi connectivity index (χ0) is 22.7. The lowest BCUT2D eigenvalue weighted by molar-refractivity contribution is -0.123. The van der Waals surface area contributed by atoms with Crippen LogP contribution in [0.3, 0.4) is 0 Å². The van der Waals surface area contributed by atoms with Crippen LogP contribution in [0.5, 0.6) is 0 Å². The molecule has 0 radical (unpaired) electrons. The monoisotopic (exact) mass is 456 g/mol. The zero-order valence-electron chi connectivity index (χ0n) is 17.9. The summed E-state index contributed by atoms with van der Waals surface area (Å²) in [6.45, 7) is 1.49. The van der Waals surface area contributed by atoms with Crippen LogP contribution in [-0.4, -0.2) is 36.0 Å². The molecule has 0 saturated heterocycles. The van der Waals surface area contributed by atoms with Crippen LogP contribution in [0.1, 0.15) is 63.8 Å². The predicted molar refractivity (Wildman–Crippen MR) is 119 cm³/mol. The fraction of sp³-hybridized carbons (Fsp3) is 0.391. The lowest BCUT2D eigenvalue weighted by Crippen LogP contribution is -2.30. The molecule has 9 heteroatoms. The number of esters is 2. The summed E-state index contributed by atoms with van der Waals surface area (Å²) in [6, 6.07) is 4.71. The number of methoxy groups -OCH3 is 1. The van der Waals surface area contributed by atoms with E-state index >= 15 is 0 Å². The molecule has 8 nitrogen and oxygen atoms in total. The molecule has 2 aromatic heterocycles. The minimum absolute atomic E-state index is 0.264. The van der Waals surface area contributed by atoms with Crippen molar-refractivity contribution < 1.29 is 28.3 Å². The largest absolute Gasteiger partial charge is 0.465 e. The van der Waals surface area contributed by atoms with Gasteiger partial charge in [0.05, 0.1) is 18.2 Å². The average molecular weight is 457 g/mol. The Kier molecular flexibility index (Phi) is 6.55. The third-order valence-corrected chi connectivity index (χ3v) is 6.72. The van der Waals surface area contributed by atoms with Gasteiger partial charge < -0.3 is 19.2 Å². The number of amides is 1. The predicted octanol–water partition coefficient (Wildman–Crippen LogP) is 4.52. The molecule has 3 aromatic rings. The van der Waals surface area contributed by atoms with Crippen molar-refractivity contribution in [2.75, 3.05) is 12.4 Å². The second-order valence-corrected chi connectivity index (χ2v) is 8.79. The number of nitrogens with zero attached hydrogens (tertiary/aromatic N) is 1. The Hall–Kier alpha value is -3.20. The van der Waals surface area contributed by atoms with E-state index in [0.29, 0.717) is 21.7 Å². The van der Waals surface area contributed by atoms with E-state index in [0.717, 1.165) is 49.0 Å². The van der Waals surface area contributed by atoms with Crippen molar-refractivity contribution in [2.45, 2.75) is 51.6 Å². The van der Waals surface area contributed by atoms with E-state index in [2.05, 4.69) is 10.3 Å². The Morgan fingerprint density at radius 2 is 1.91 bits per heavy atom. The number of oxazole rings is 1. The molecule has 1 N–H and O–H groups in total. The number of aromatic nitrogens is 1. The Morgan fingerprint density at radius 1 is 1.12 bits per heavy atom. The summed E-state index contributed by atoms with van der Waals surface area (Å²) >= 11 is 1.40. The first kappa shape index (κ1) is 22.0. The highest BCUT2D eigenvalue weighted by Crippen LogP contribution is 2.37. The molecule has 2 heterocycles. The summed E-state index contributed by atoms with van der Waals surface area (Å²) in [4.78, 5) is 42.9. The van der Waals surface area contributed by atoms with Crippen molar-refractivity contribution >= 4 is 45.3 Å². The van der Waals surface area contributed by atoms with Crippen molar-refractivity contribution in [3.8, 4) is 0 Å². The number of nitrogens with one attached hydrogen (secondary N) is 1. The molecule has 1 atom stereocenters. The number of benzene rings is 1. The maximum absolute atomic E-state index is 12.8. The summed E-state index contributed by atoms with van der Waals surface area (Å²) in [6.07, 6.45) is 6.18. The number of hydrogen-bond donors (Lipinski definition) is 1. The van der Waals surface area contributed by atoms with Gasteiger partial charge in [0, 0.05) is 4.88 Å². The number of ether oxygens (including phenoxy) is 2. The van der Waals surface area contributed by atoms with Gasteiger partial charge in [-0.2, -0.15) is 0 Å². The molecule has 1 aromatic carbocycles. The first-order chi connectivity index (χ1) is 15.5. The zero-order valence-corrected chi connectivity index (χ0v) is 18.8. The van der Waals surface area contributed by atoms with Gasteiger partial charge in [-0.25, -0.2) is 14.6 Å². The number of aryl methyl sites for hydroxylation is 1. The van der Waals surface area contributed by atoms with Gasteiger partial charge in [-0.3, -0.25) is 4.79 Å². The third kappa shape index (κ3) is 4.52. The molecule has 1 unspecified atom stereocenters. The lowest BCUT2D eigenvalue weighted by atomic mass is 9.96. The van der Waals surface area contributed by atoms with Crippen LogP contribution >= 0.6 is 11.3 Å². The molecule has 1 amide bonds.